The summed E-state index contributed by atoms with van der Waals surface area (Å²) in [6.45, 7) is 1.75. The highest BCUT2D eigenvalue weighted by atomic mass is 35.5. The van der Waals surface area contributed by atoms with Crippen molar-refractivity contribution in [2.45, 2.75) is 24.8 Å². The Kier molecular flexibility index (Phi) is 4.08. The molecule has 0 bridgehead atoms. The Hall–Kier alpha value is -0.730. The standard InChI is InChI=1S/C13H18ClNO/c1-16-12-4-2-3-10(7-12)8-15-9-13(14)11-5-6-11/h2-4,7,11,13,15H,5-6,8-9H2,1H3. The molecule has 1 aromatic rings. The largest absolute Gasteiger partial charge is 0.497 e. The van der Waals surface area contributed by atoms with Gasteiger partial charge in [0.15, 0.2) is 0 Å². The number of benzene rings is 1. The molecule has 0 aliphatic heterocycles. The molecular formula is C13H18ClNO. The zero-order valence-electron chi connectivity index (χ0n) is 9.58. The molecule has 1 N–H and O–H groups in total. The van der Waals surface area contributed by atoms with E-state index in [1.54, 1.807) is 7.11 Å². The molecule has 3 heteroatoms. The van der Waals surface area contributed by atoms with Gasteiger partial charge in [-0.1, -0.05) is 12.1 Å². The van der Waals surface area contributed by atoms with Crippen molar-refractivity contribution >= 4 is 11.6 Å². The van der Waals surface area contributed by atoms with E-state index in [-0.39, 0.29) is 0 Å². The molecule has 16 heavy (non-hydrogen) atoms. The molecule has 1 aromatic carbocycles. The van der Waals surface area contributed by atoms with Crippen LogP contribution >= 0.6 is 11.6 Å². The van der Waals surface area contributed by atoms with E-state index in [1.165, 1.54) is 18.4 Å². The van der Waals surface area contributed by atoms with Gasteiger partial charge >= 0.3 is 0 Å². The second-order valence-electron chi connectivity index (χ2n) is 4.34. The molecule has 0 saturated heterocycles. The van der Waals surface area contributed by atoms with E-state index in [1.807, 2.05) is 18.2 Å². The molecule has 1 aliphatic carbocycles. The number of halogens is 1. The van der Waals surface area contributed by atoms with Crippen LogP contribution in [-0.2, 0) is 6.54 Å². The number of alkyl halides is 1. The minimum Gasteiger partial charge on any atom is -0.497 e. The predicted molar refractivity (Wildman–Crippen MR) is 67.1 cm³/mol. The highest BCUT2D eigenvalue weighted by Gasteiger charge is 2.28. The van der Waals surface area contributed by atoms with Crippen LogP contribution in [-0.4, -0.2) is 19.0 Å². The van der Waals surface area contributed by atoms with Crippen molar-refractivity contribution in [1.29, 1.82) is 0 Å². The van der Waals surface area contributed by atoms with Crippen LogP contribution in [0.3, 0.4) is 0 Å². The van der Waals surface area contributed by atoms with Crippen LogP contribution in [0, 0.1) is 5.92 Å². The third-order valence-electron chi connectivity index (χ3n) is 2.94. The first kappa shape index (κ1) is 11.7. The van der Waals surface area contributed by atoms with E-state index in [0.29, 0.717) is 5.38 Å². The minimum atomic E-state index is 0.297. The van der Waals surface area contributed by atoms with Crippen molar-refractivity contribution in [1.82, 2.24) is 5.32 Å². The van der Waals surface area contributed by atoms with E-state index >= 15 is 0 Å². The van der Waals surface area contributed by atoms with E-state index in [9.17, 15) is 0 Å². The Labute approximate surface area is 102 Å². The van der Waals surface area contributed by atoms with Crippen LogP contribution in [0.2, 0.25) is 0 Å². The molecule has 0 spiro atoms. The lowest BCUT2D eigenvalue weighted by molar-refractivity contribution is 0.414. The average Bonchev–Trinajstić information content (AvgIpc) is 3.13. The highest BCUT2D eigenvalue weighted by molar-refractivity contribution is 6.21. The molecule has 2 nitrogen and oxygen atoms in total. The Balaban J connectivity index is 1.75. The maximum Gasteiger partial charge on any atom is 0.119 e. The Bertz CT molecular complexity index is 338. The van der Waals surface area contributed by atoms with Gasteiger partial charge < -0.3 is 10.1 Å². The topological polar surface area (TPSA) is 21.3 Å². The molecule has 1 aliphatic rings. The second kappa shape index (κ2) is 5.55. The molecule has 88 valence electrons. The molecule has 1 atom stereocenters. The van der Waals surface area contributed by atoms with Crippen molar-refractivity contribution in [3.63, 3.8) is 0 Å². The fourth-order valence-electron chi connectivity index (χ4n) is 1.76. The molecule has 1 saturated carbocycles. The SMILES string of the molecule is COc1cccc(CNCC(Cl)C2CC2)c1. The van der Waals surface area contributed by atoms with Crippen LogP contribution in [0.25, 0.3) is 0 Å². The van der Waals surface area contributed by atoms with Gasteiger partial charge in [0, 0.05) is 18.5 Å². The quantitative estimate of drug-likeness (QED) is 0.771. The third-order valence-corrected chi connectivity index (χ3v) is 3.45. The smallest absolute Gasteiger partial charge is 0.119 e. The zero-order chi connectivity index (χ0) is 11.4. The van der Waals surface area contributed by atoms with E-state index in [2.05, 4.69) is 11.4 Å². The molecular weight excluding hydrogens is 222 g/mol. The third kappa shape index (κ3) is 3.39. The summed E-state index contributed by atoms with van der Waals surface area (Å²) in [5.74, 6) is 1.66. The fourth-order valence-corrected chi connectivity index (χ4v) is 2.12. The van der Waals surface area contributed by atoms with Crippen molar-refractivity contribution in [2.75, 3.05) is 13.7 Å². The lowest BCUT2D eigenvalue weighted by Crippen LogP contribution is -2.24. The van der Waals surface area contributed by atoms with Gasteiger partial charge in [-0.25, -0.2) is 0 Å². The number of hydrogen-bond donors (Lipinski definition) is 1. The lowest BCUT2D eigenvalue weighted by Gasteiger charge is -2.10. The number of nitrogens with one attached hydrogen (secondary N) is 1. The first-order valence-electron chi connectivity index (χ1n) is 5.77. The van der Waals surface area contributed by atoms with Gasteiger partial charge in [-0.3, -0.25) is 0 Å². The maximum absolute atomic E-state index is 6.22. The summed E-state index contributed by atoms with van der Waals surface area (Å²) in [5.41, 5.74) is 1.24. The summed E-state index contributed by atoms with van der Waals surface area (Å²) >= 11 is 6.22. The van der Waals surface area contributed by atoms with E-state index in [0.717, 1.165) is 24.8 Å². The first-order valence-corrected chi connectivity index (χ1v) is 6.21. The Morgan fingerprint density at radius 1 is 1.50 bits per heavy atom. The first-order chi connectivity index (χ1) is 7.79. The van der Waals surface area contributed by atoms with Gasteiger partial charge in [0.05, 0.1) is 7.11 Å². The van der Waals surface area contributed by atoms with Gasteiger partial charge in [-0.15, -0.1) is 11.6 Å². The van der Waals surface area contributed by atoms with Gasteiger partial charge in [-0.05, 0) is 36.5 Å². The van der Waals surface area contributed by atoms with E-state index < -0.39 is 0 Å². The lowest BCUT2D eigenvalue weighted by atomic mass is 10.2. The number of methoxy groups -OCH3 is 1. The van der Waals surface area contributed by atoms with Crippen LogP contribution in [0.1, 0.15) is 18.4 Å². The van der Waals surface area contributed by atoms with Crippen molar-refractivity contribution in [3.05, 3.63) is 29.8 Å². The van der Waals surface area contributed by atoms with Gasteiger partial charge in [0.25, 0.3) is 0 Å². The van der Waals surface area contributed by atoms with Gasteiger partial charge in [0.1, 0.15) is 5.75 Å². The molecule has 1 fully saturated rings. The fraction of sp³-hybridized carbons (Fsp3) is 0.538. The average molecular weight is 240 g/mol. The summed E-state index contributed by atoms with van der Waals surface area (Å²) in [5, 5.41) is 3.68. The molecule has 0 aromatic heterocycles. The zero-order valence-corrected chi connectivity index (χ0v) is 10.3. The molecule has 0 amide bonds. The normalized spacial score (nSPS) is 17.1. The van der Waals surface area contributed by atoms with Crippen LogP contribution in [0.15, 0.2) is 24.3 Å². The predicted octanol–water partition coefficient (Wildman–Crippen LogP) is 2.80. The number of hydrogen-bond acceptors (Lipinski definition) is 2. The summed E-state index contributed by atoms with van der Waals surface area (Å²) in [6.07, 6.45) is 2.60. The summed E-state index contributed by atoms with van der Waals surface area (Å²) in [4.78, 5) is 0. The molecule has 0 heterocycles. The number of ether oxygens (including phenoxy) is 1. The van der Waals surface area contributed by atoms with Gasteiger partial charge in [0.2, 0.25) is 0 Å². The maximum atomic E-state index is 6.22. The monoisotopic (exact) mass is 239 g/mol. The Morgan fingerprint density at radius 2 is 2.31 bits per heavy atom. The highest BCUT2D eigenvalue weighted by Crippen LogP contribution is 2.35. The van der Waals surface area contributed by atoms with E-state index in [4.69, 9.17) is 16.3 Å². The minimum absolute atomic E-state index is 0.297. The Morgan fingerprint density at radius 3 is 3.00 bits per heavy atom. The molecule has 0 radical (unpaired) electrons. The van der Waals surface area contributed by atoms with Gasteiger partial charge in [-0.2, -0.15) is 0 Å². The molecule has 1 unspecified atom stereocenters. The second-order valence-corrected chi connectivity index (χ2v) is 4.90. The van der Waals surface area contributed by atoms with Crippen molar-refractivity contribution < 1.29 is 4.74 Å². The molecule has 2 rings (SSSR count). The van der Waals surface area contributed by atoms with Crippen LogP contribution in [0.4, 0.5) is 0 Å². The summed E-state index contributed by atoms with van der Waals surface area (Å²) in [7, 11) is 1.69. The van der Waals surface area contributed by atoms with Crippen molar-refractivity contribution in [3.8, 4) is 5.75 Å². The summed E-state index contributed by atoms with van der Waals surface area (Å²) < 4.78 is 5.18. The van der Waals surface area contributed by atoms with Crippen molar-refractivity contribution in [2.24, 2.45) is 5.92 Å². The summed E-state index contributed by atoms with van der Waals surface area (Å²) in [6, 6.07) is 8.11. The van der Waals surface area contributed by atoms with Crippen LogP contribution in [0.5, 0.6) is 5.75 Å². The van der Waals surface area contributed by atoms with Crippen LogP contribution < -0.4 is 10.1 Å². The number of rotatable bonds is 6.